The number of halogens is 1. The first-order valence-corrected chi connectivity index (χ1v) is 9.12. The number of rotatable bonds is 6. The van der Waals surface area contributed by atoms with Crippen LogP contribution in [0.2, 0.25) is 5.02 Å². The van der Waals surface area contributed by atoms with Gasteiger partial charge in [-0.1, -0.05) is 35.9 Å². The quantitative estimate of drug-likeness (QED) is 0.512. The Hall–Kier alpha value is -3.32. The van der Waals surface area contributed by atoms with Gasteiger partial charge >= 0.3 is 0 Å². The first kappa shape index (κ1) is 18.1. The minimum absolute atomic E-state index is 0.511. The van der Waals surface area contributed by atoms with E-state index < -0.39 is 0 Å². The molecule has 2 aromatic heterocycles. The van der Waals surface area contributed by atoms with E-state index in [-0.39, 0.29) is 0 Å². The molecular formula is C20H19ClN6O. The van der Waals surface area contributed by atoms with Crippen molar-refractivity contribution in [1.29, 1.82) is 0 Å². The van der Waals surface area contributed by atoms with Gasteiger partial charge < -0.3 is 15.4 Å². The molecule has 0 radical (unpaired) electrons. The molecule has 0 saturated carbocycles. The van der Waals surface area contributed by atoms with Gasteiger partial charge in [0.25, 0.3) is 0 Å². The molecule has 2 N–H and O–H groups in total. The van der Waals surface area contributed by atoms with Crippen LogP contribution in [0.4, 0.5) is 11.9 Å². The summed E-state index contributed by atoms with van der Waals surface area (Å²) in [4.78, 5) is 9.18. The Labute approximate surface area is 167 Å². The van der Waals surface area contributed by atoms with Gasteiger partial charge in [-0.15, -0.1) is 0 Å². The number of anilines is 2. The number of aromatic nitrogens is 4. The molecule has 8 heteroatoms. The summed E-state index contributed by atoms with van der Waals surface area (Å²) in [5, 5.41) is 11.4. The minimum Gasteiger partial charge on any atom is -0.497 e. The molecule has 0 bridgehead atoms. The van der Waals surface area contributed by atoms with Crippen molar-refractivity contribution in [3.63, 3.8) is 0 Å². The van der Waals surface area contributed by atoms with Crippen LogP contribution in [0.25, 0.3) is 16.8 Å². The molecule has 0 spiro atoms. The molecule has 4 rings (SSSR count). The second-order valence-electron chi connectivity index (χ2n) is 6.13. The van der Waals surface area contributed by atoms with Crippen molar-refractivity contribution in [2.24, 2.45) is 0 Å². The number of fused-ring (bicyclic) bond motifs is 1. The number of hydrogen-bond donors (Lipinski definition) is 2. The standard InChI is InChI=1S/C20H19ClN6O/c1-22-20-26-19(23-11-13-6-8-16(28-2)9-7-13)25-18-17(12-24-27(18)20)14-4-3-5-15(21)10-14/h3-10,12H,11H2,1-2H3,(H2,22,23,25,26). The van der Waals surface area contributed by atoms with Crippen molar-refractivity contribution >= 4 is 29.1 Å². The Bertz CT molecular complexity index is 1110. The average Bonchev–Trinajstić information content (AvgIpc) is 3.16. The maximum absolute atomic E-state index is 6.15. The predicted molar refractivity (Wildman–Crippen MR) is 111 cm³/mol. The van der Waals surface area contributed by atoms with Crippen molar-refractivity contribution in [3.8, 4) is 16.9 Å². The fourth-order valence-corrected chi connectivity index (χ4v) is 3.09. The van der Waals surface area contributed by atoms with Gasteiger partial charge in [-0.25, -0.2) is 0 Å². The number of methoxy groups -OCH3 is 1. The lowest BCUT2D eigenvalue weighted by molar-refractivity contribution is 0.414. The van der Waals surface area contributed by atoms with E-state index in [0.717, 1.165) is 22.4 Å². The second kappa shape index (κ2) is 7.74. The maximum atomic E-state index is 6.15. The van der Waals surface area contributed by atoms with Crippen LogP contribution in [0.15, 0.2) is 54.7 Å². The smallest absolute Gasteiger partial charge is 0.228 e. The van der Waals surface area contributed by atoms with Crippen molar-refractivity contribution < 1.29 is 4.74 Å². The van der Waals surface area contributed by atoms with E-state index in [1.807, 2.05) is 48.5 Å². The summed E-state index contributed by atoms with van der Waals surface area (Å²) < 4.78 is 6.87. The summed E-state index contributed by atoms with van der Waals surface area (Å²) in [5.41, 5.74) is 3.62. The SMILES string of the molecule is CNc1nc(NCc2ccc(OC)cc2)nc2c(-c3cccc(Cl)c3)cnn12. The lowest BCUT2D eigenvalue weighted by Crippen LogP contribution is -2.10. The van der Waals surface area contributed by atoms with Crippen LogP contribution >= 0.6 is 11.6 Å². The number of benzene rings is 2. The Morgan fingerprint density at radius 1 is 1.11 bits per heavy atom. The van der Waals surface area contributed by atoms with Gasteiger partial charge in [0.15, 0.2) is 5.65 Å². The molecule has 0 aliphatic rings. The van der Waals surface area contributed by atoms with Crippen molar-refractivity contribution in [2.45, 2.75) is 6.54 Å². The van der Waals surface area contributed by atoms with Crippen LogP contribution < -0.4 is 15.4 Å². The molecule has 0 aliphatic heterocycles. The first-order chi connectivity index (χ1) is 13.7. The number of hydrogen-bond acceptors (Lipinski definition) is 6. The fourth-order valence-electron chi connectivity index (χ4n) is 2.90. The number of ether oxygens (including phenoxy) is 1. The molecule has 0 atom stereocenters. The van der Waals surface area contributed by atoms with Gasteiger partial charge in [0.05, 0.1) is 13.3 Å². The molecule has 2 aromatic carbocycles. The topological polar surface area (TPSA) is 76.4 Å². The lowest BCUT2D eigenvalue weighted by Gasteiger charge is -2.09. The summed E-state index contributed by atoms with van der Waals surface area (Å²) in [6.45, 7) is 0.587. The molecule has 0 unspecified atom stereocenters. The molecule has 7 nitrogen and oxygen atoms in total. The van der Waals surface area contributed by atoms with Crippen LogP contribution in [0.3, 0.4) is 0 Å². The van der Waals surface area contributed by atoms with Crippen molar-refractivity contribution in [3.05, 3.63) is 65.3 Å². The predicted octanol–water partition coefficient (Wildman–Crippen LogP) is 4.11. The molecule has 0 fully saturated rings. The third-order valence-electron chi connectivity index (χ3n) is 4.34. The van der Waals surface area contributed by atoms with Crippen LogP contribution in [-0.2, 0) is 6.54 Å². The van der Waals surface area contributed by atoms with Gasteiger partial charge in [0.1, 0.15) is 5.75 Å². The Kier molecular flexibility index (Phi) is 4.99. The number of nitrogens with zero attached hydrogens (tertiary/aromatic N) is 4. The molecule has 0 saturated heterocycles. The fraction of sp³-hybridized carbons (Fsp3) is 0.150. The molecular weight excluding hydrogens is 376 g/mol. The summed E-state index contributed by atoms with van der Waals surface area (Å²) in [6, 6.07) is 15.5. The van der Waals surface area contributed by atoms with E-state index in [4.69, 9.17) is 16.3 Å². The summed E-state index contributed by atoms with van der Waals surface area (Å²) in [7, 11) is 3.45. The highest BCUT2D eigenvalue weighted by atomic mass is 35.5. The average molecular weight is 395 g/mol. The highest BCUT2D eigenvalue weighted by molar-refractivity contribution is 6.30. The molecule has 28 heavy (non-hydrogen) atoms. The normalized spacial score (nSPS) is 10.8. The van der Waals surface area contributed by atoms with E-state index in [0.29, 0.717) is 29.1 Å². The monoisotopic (exact) mass is 394 g/mol. The van der Waals surface area contributed by atoms with Gasteiger partial charge in [-0.2, -0.15) is 19.6 Å². The Morgan fingerprint density at radius 3 is 2.64 bits per heavy atom. The van der Waals surface area contributed by atoms with Crippen LogP contribution in [0, 0.1) is 0 Å². The maximum Gasteiger partial charge on any atom is 0.228 e. The third-order valence-corrected chi connectivity index (χ3v) is 4.57. The first-order valence-electron chi connectivity index (χ1n) is 8.74. The minimum atomic E-state index is 0.511. The molecule has 0 amide bonds. The summed E-state index contributed by atoms with van der Waals surface area (Å²) in [6.07, 6.45) is 1.77. The lowest BCUT2D eigenvalue weighted by atomic mass is 10.1. The van der Waals surface area contributed by atoms with Gasteiger partial charge in [0, 0.05) is 24.2 Å². The zero-order valence-corrected chi connectivity index (χ0v) is 16.2. The van der Waals surface area contributed by atoms with E-state index in [9.17, 15) is 0 Å². The van der Waals surface area contributed by atoms with Crippen LogP contribution in [0.1, 0.15) is 5.56 Å². The van der Waals surface area contributed by atoms with Gasteiger partial charge in [0.2, 0.25) is 11.9 Å². The van der Waals surface area contributed by atoms with Gasteiger partial charge in [-0.05, 0) is 35.4 Å². The van der Waals surface area contributed by atoms with E-state index in [2.05, 4.69) is 25.7 Å². The second-order valence-corrected chi connectivity index (χ2v) is 6.56. The highest BCUT2D eigenvalue weighted by Crippen LogP contribution is 2.27. The van der Waals surface area contributed by atoms with E-state index in [1.165, 1.54) is 0 Å². The molecule has 142 valence electrons. The third kappa shape index (κ3) is 3.57. The van der Waals surface area contributed by atoms with Crippen molar-refractivity contribution in [2.75, 3.05) is 24.8 Å². The largest absolute Gasteiger partial charge is 0.497 e. The van der Waals surface area contributed by atoms with E-state index >= 15 is 0 Å². The van der Waals surface area contributed by atoms with Crippen LogP contribution in [-0.4, -0.2) is 33.7 Å². The zero-order valence-electron chi connectivity index (χ0n) is 15.5. The Balaban J connectivity index is 1.67. The molecule has 2 heterocycles. The van der Waals surface area contributed by atoms with Crippen LogP contribution in [0.5, 0.6) is 5.75 Å². The molecule has 4 aromatic rings. The highest BCUT2D eigenvalue weighted by Gasteiger charge is 2.14. The summed E-state index contributed by atoms with van der Waals surface area (Å²) >= 11 is 6.15. The number of nitrogens with one attached hydrogen (secondary N) is 2. The summed E-state index contributed by atoms with van der Waals surface area (Å²) in [5.74, 6) is 1.93. The zero-order chi connectivity index (χ0) is 19.5. The molecule has 0 aliphatic carbocycles. The van der Waals surface area contributed by atoms with Gasteiger partial charge in [-0.3, -0.25) is 0 Å². The van der Waals surface area contributed by atoms with E-state index in [1.54, 1.807) is 24.9 Å². The van der Waals surface area contributed by atoms with Crippen molar-refractivity contribution in [1.82, 2.24) is 19.6 Å². The Morgan fingerprint density at radius 2 is 1.93 bits per heavy atom.